The second-order valence-electron chi connectivity index (χ2n) is 3.42. The summed E-state index contributed by atoms with van der Waals surface area (Å²) in [5.41, 5.74) is 0. The number of aromatic nitrogens is 1. The van der Waals surface area contributed by atoms with Gasteiger partial charge in [0, 0.05) is 43.2 Å². The van der Waals surface area contributed by atoms with Crippen LogP contribution in [0.15, 0.2) is 20.9 Å². The van der Waals surface area contributed by atoms with E-state index in [0.29, 0.717) is 0 Å². The average Bonchev–Trinajstić information content (AvgIpc) is 2.89. The van der Waals surface area contributed by atoms with Gasteiger partial charge in [-0.25, -0.2) is 4.98 Å². The van der Waals surface area contributed by atoms with Crippen LogP contribution in [0.3, 0.4) is 0 Å². The van der Waals surface area contributed by atoms with Crippen molar-refractivity contribution < 1.29 is 0 Å². The summed E-state index contributed by atoms with van der Waals surface area (Å²) in [5, 5.41) is 8.60. The molecule has 0 atom stereocenters. The van der Waals surface area contributed by atoms with Crippen LogP contribution >= 0.6 is 34.9 Å². The van der Waals surface area contributed by atoms with Gasteiger partial charge in [-0.1, -0.05) is 11.8 Å². The highest BCUT2D eigenvalue weighted by molar-refractivity contribution is 8.01. The van der Waals surface area contributed by atoms with E-state index in [1.54, 1.807) is 18.4 Å². The van der Waals surface area contributed by atoms with Gasteiger partial charge in [0.15, 0.2) is 5.96 Å². The summed E-state index contributed by atoms with van der Waals surface area (Å²) < 4.78 is 1.15. The van der Waals surface area contributed by atoms with E-state index in [9.17, 15) is 0 Å². The fourth-order valence-electron chi connectivity index (χ4n) is 1.21. The minimum absolute atomic E-state index is 0.892. The molecular formula is C11H20N4S3. The normalized spacial score (nSPS) is 11.6. The molecule has 0 spiro atoms. The van der Waals surface area contributed by atoms with Gasteiger partial charge in [0.2, 0.25) is 0 Å². The zero-order valence-corrected chi connectivity index (χ0v) is 13.3. The van der Waals surface area contributed by atoms with Gasteiger partial charge in [-0.3, -0.25) is 4.99 Å². The standard InChI is InChI=1S/C11H20N4S3/c1-12-10(14-5-8-16-2)13-4-3-7-17-11-15-6-9-18-11/h6,9H,3-5,7-8H2,1-2H3,(H2,12,13,14). The lowest BCUT2D eigenvalue weighted by atomic mass is 10.5. The predicted molar refractivity (Wildman–Crippen MR) is 85.2 cm³/mol. The van der Waals surface area contributed by atoms with E-state index in [4.69, 9.17) is 0 Å². The van der Waals surface area contributed by atoms with Crippen LogP contribution in [0, 0.1) is 0 Å². The van der Waals surface area contributed by atoms with Gasteiger partial charge in [-0.15, -0.1) is 11.3 Å². The summed E-state index contributed by atoms with van der Waals surface area (Å²) in [6.07, 6.45) is 5.06. The van der Waals surface area contributed by atoms with Crippen molar-refractivity contribution in [2.24, 2.45) is 4.99 Å². The Morgan fingerprint density at radius 2 is 2.22 bits per heavy atom. The van der Waals surface area contributed by atoms with Crippen molar-refractivity contribution in [3.05, 3.63) is 11.6 Å². The number of nitrogens with zero attached hydrogens (tertiary/aromatic N) is 2. The highest BCUT2D eigenvalue weighted by Gasteiger charge is 1.98. The Labute approximate surface area is 121 Å². The zero-order chi connectivity index (χ0) is 13.1. The Hall–Kier alpha value is -0.400. The Morgan fingerprint density at radius 3 is 2.89 bits per heavy atom. The first-order valence-electron chi connectivity index (χ1n) is 5.82. The monoisotopic (exact) mass is 304 g/mol. The molecule has 0 radical (unpaired) electrons. The van der Waals surface area contributed by atoms with Crippen molar-refractivity contribution in [3.8, 4) is 0 Å². The first-order valence-corrected chi connectivity index (χ1v) is 9.08. The third kappa shape index (κ3) is 7.13. The van der Waals surface area contributed by atoms with Gasteiger partial charge in [0.1, 0.15) is 4.34 Å². The molecule has 7 heteroatoms. The summed E-state index contributed by atoms with van der Waals surface area (Å²) >= 11 is 5.34. The van der Waals surface area contributed by atoms with Gasteiger partial charge >= 0.3 is 0 Å². The maximum Gasteiger partial charge on any atom is 0.191 e. The minimum atomic E-state index is 0.892. The van der Waals surface area contributed by atoms with Crippen molar-refractivity contribution in [2.75, 3.05) is 37.9 Å². The summed E-state index contributed by atoms with van der Waals surface area (Å²) in [5.74, 6) is 3.08. The Morgan fingerprint density at radius 1 is 1.39 bits per heavy atom. The largest absolute Gasteiger partial charge is 0.356 e. The molecule has 0 unspecified atom stereocenters. The van der Waals surface area contributed by atoms with Crippen molar-refractivity contribution >= 4 is 40.8 Å². The lowest BCUT2D eigenvalue weighted by Crippen LogP contribution is -2.38. The van der Waals surface area contributed by atoms with Gasteiger partial charge in [-0.2, -0.15) is 11.8 Å². The minimum Gasteiger partial charge on any atom is -0.356 e. The quantitative estimate of drug-likeness (QED) is 0.333. The molecule has 0 saturated carbocycles. The second-order valence-corrected chi connectivity index (χ2v) is 6.64. The molecule has 1 rings (SSSR count). The number of nitrogens with one attached hydrogen (secondary N) is 2. The molecule has 0 bridgehead atoms. The van der Waals surface area contributed by atoms with E-state index in [2.05, 4.69) is 26.9 Å². The number of rotatable bonds is 8. The van der Waals surface area contributed by atoms with Crippen molar-refractivity contribution in [1.29, 1.82) is 0 Å². The molecule has 18 heavy (non-hydrogen) atoms. The third-order valence-electron chi connectivity index (χ3n) is 2.07. The van der Waals surface area contributed by atoms with Crippen LogP contribution in [0.1, 0.15) is 6.42 Å². The van der Waals surface area contributed by atoms with Crippen LogP contribution in [0.5, 0.6) is 0 Å². The summed E-state index contributed by atoms with van der Waals surface area (Å²) in [6, 6.07) is 0. The number of hydrogen-bond donors (Lipinski definition) is 2. The first kappa shape index (κ1) is 15.7. The predicted octanol–water partition coefficient (Wildman–Crippen LogP) is 2.15. The molecule has 0 fully saturated rings. The summed E-state index contributed by atoms with van der Waals surface area (Å²) in [4.78, 5) is 8.41. The number of guanidine groups is 1. The second kappa shape index (κ2) is 10.5. The van der Waals surface area contributed by atoms with Crippen LogP contribution < -0.4 is 10.6 Å². The van der Waals surface area contributed by atoms with E-state index < -0.39 is 0 Å². The molecule has 1 aromatic heterocycles. The van der Waals surface area contributed by atoms with Crippen LogP contribution in [0.25, 0.3) is 0 Å². The van der Waals surface area contributed by atoms with Crippen molar-refractivity contribution in [2.45, 2.75) is 10.8 Å². The van der Waals surface area contributed by atoms with Crippen molar-refractivity contribution in [1.82, 2.24) is 15.6 Å². The maximum absolute atomic E-state index is 4.24. The van der Waals surface area contributed by atoms with Crippen LogP contribution in [0.4, 0.5) is 0 Å². The molecule has 1 heterocycles. The van der Waals surface area contributed by atoms with E-state index in [-0.39, 0.29) is 0 Å². The first-order chi connectivity index (χ1) is 8.86. The highest BCUT2D eigenvalue weighted by atomic mass is 32.2. The summed E-state index contributed by atoms with van der Waals surface area (Å²) in [6.45, 7) is 1.89. The van der Waals surface area contributed by atoms with E-state index in [1.807, 2.05) is 35.1 Å². The van der Waals surface area contributed by atoms with Crippen LogP contribution in [-0.4, -0.2) is 48.8 Å². The fraction of sp³-hybridized carbons (Fsp3) is 0.636. The SMILES string of the molecule is CN=C(NCCCSc1nccs1)NCCSC. The Kier molecular flexibility index (Phi) is 9.15. The Bertz CT molecular complexity index is 327. The molecule has 0 saturated heterocycles. The fourth-order valence-corrected chi connectivity index (χ4v) is 3.17. The molecule has 0 aliphatic heterocycles. The molecule has 102 valence electrons. The van der Waals surface area contributed by atoms with Crippen molar-refractivity contribution in [3.63, 3.8) is 0 Å². The summed E-state index contributed by atoms with van der Waals surface area (Å²) in [7, 11) is 1.80. The van der Waals surface area contributed by atoms with Crippen LogP contribution in [0.2, 0.25) is 0 Å². The lowest BCUT2D eigenvalue weighted by Gasteiger charge is -2.10. The van der Waals surface area contributed by atoms with Crippen LogP contribution in [-0.2, 0) is 0 Å². The highest BCUT2D eigenvalue weighted by Crippen LogP contribution is 2.20. The molecule has 0 aliphatic carbocycles. The smallest absolute Gasteiger partial charge is 0.191 e. The van der Waals surface area contributed by atoms with Gasteiger partial charge in [-0.05, 0) is 12.7 Å². The molecule has 0 aliphatic rings. The number of aliphatic imine (C=N–C) groups is 1. The lowest BCUT2D eigenvalue weighted by molar-refractivity contribution is 0.800. The molecular weight excluding hydrogens is 284 g/mol. The van der Waals surface area contributed by atoms with E-state index in [1.165, 1.54) is 0 Å². The Balaban J connectivity index is 2.01. The van der Waals surface area contributed by atoms with E-state index in [0.717, 1.165) is 41.3 Å². The third-order valence-corrected chi connectivity index (χ3v) is 4.74. The van der Waals surface area contributed by atoms with Gasteiger partial charge in [0.25, 0.3) is 0 Å². The van der Waals surface area contributed by atoms with Gasteiger partial charge < -0.3 is 10.6 Å². The topological polar surface area (TPSA) is 49.3 Å². The molecule has 2 N–H and O–H groups in total. The number of thioether (sulfide) groups is 2. The molecule has 1 aromatic rings. The molecule has 0 amide bonds. The number of thiazole rings is 1. The zero-order valence-electron chi connectivity index (χ0n) is 10.8. The maximum atomic E-state index is 4.24. The van der Waals surface area contributed by atoms with Gasteiger partial charge in [0.05, 0.1) is 0 Å². The molecule has 4 nitrogen and oxygen atoms in total. The van der Waals surface area contributed by atoms with E-state index >= 15 is 0 Å². The number of hydrogen-bond acceptors (Lipinski definition) is 5. The molecule has 0 aromatic carbocycles. The average molecular weight is 305 g/mol.